The molecule has 0 aromatic heterocycles. The molecule has 0 aliphatic carbocycles. The fourth-order valence-electron chi connectivity index (χ4n) is 2.82. The van der Waals surface area contributed by atoms with Crippen LogP contribution in [0.15, 0.2) is 0 Å². The second-order valence-electron chi connectivity index (χ2n) is 7.35. The largest absolute Gasteiger partial charge is 1.00 e. The van der Waals surface area contributed by atoms with Gasteiger partial charge in [0.2, 0.25) is 0 Å². The Balaban J connectivity index is -0.00000121. The molecule has 0 aliphatic heterocycles. The van der Waals surface area contributed by atoms with Crippen molar-refractivity contribution < 1.29 is 63.0 Å². The van der Waals surface area contributed by atoms with Crippen molar-refractivity contribution in [2.24, 2.45) is 11.8 Å². The minimum Gasteiger partial charge on any atom is -1.00 e. The Kier molecular flexibility index (Phi) is 24.0. The first-order chi connectivity index (χ1) is 13.2. The smallest absolute Gasteiger partial charge is 1.00 e. The molecule has 0 aromatic rings. The van der Waals surface area contributed by atoms with Crippen molar-refractivity contribution in [1.29, 1.82) is 0 Å². The van der Waals surface area contributed by atoms with Crippen LogP contribution in [0.25, 0.3) is 0 Å². The van der Waals surface area contributed by atoms with Gasteiger partial charge in [0.15, 0.2) is 5.25 Å². The van der Waals surface area contributed by atoms with Gasteiger partial charge in [-0.2, -0.15) is 8.42 Å². The van der Waals surface area contributed by atoms with Crippen LogP contribution in [0.4, 0.5) is 0 Å². The van der Waals surface area contributed by atoms with E-state index in [0.717, 1.165) is 51.4 Å². The fourth-order valence-corrected chi connectivity index (χ4v) is 3.48. The van der Waals surface area contributed by atoms with Crippen molar-refractivity contribution in [3.8, 4) is 0 Å². The quantitative estimate of drug-likeness (QED) is 0.142. The van der Waals surface area contributed by atoms with Crippen molar-refractivity contribution in [2.75, 3.05) is 13.2 Å². The summed E-state index contributed by atoms with van der Waals surface area (Å²) in [6.45, 7) is 8.35. The van der Waals surface area contributed by atoms with Crippen LogP contribution in [0.5, 0.6) is 0 Å². The molecule has 1 N–H and O–H groups in total. The van der Waals surface area contributed by atoms with Crippen LogP contribution in [0.3, 0.4) is 0 Å². The standard InChI is InChI=1S/C20H38O7S.Bi.Na.4H/c1-5-9-11-16(7-3)14-26-19(21)13-18(28(23,24)25)20(22)27-15-17(8-4)12-10-6-2;;;;;;/h16-18H,5-15H2,1-4H3,(H,23,24,25);;;;;;/q;;+1;;;;-1. The summed E-state index contributed by atoms with van der Waals surface area (Å²) in [4.78, 5) is 24.2. The van der Waals surface area contributed by atoms with Crippen LogP contribution in [-0.2, 0) is 29.2 Å². The molecule has 0 heterocycles. The van der Waals surface area contributed by atoms with Crippen molar-refractivity contribution in [2.45, 2.75) is 90.7 Å². The van der Waals surface area contributed by atoms with Crippen molar-refractivity contribution in [3.05, 3.63) is 0 Å². The van der Waals surface area contributed by atoms with Gasteiger partial charge in [-0.25, -0.2) is 0 Å². The second kappa shape index (κ2) is 20.3. The Morgan fingerprint density at radius 1 is 0.900 bits per heavy atom. The summed E-state index contributed by atoms with van der Waals surface area (Å²) in [5.41, 5.74) is 0. The van der Waals surface area contributed by atoms with Gasteiger partial charge in [0.25, 0.3) is 10.1 Å². The molecule has 0 radical (unpaired) electrons. The average Bonchev–Trinajstić information content (AvgIpc) is 2.65. The molecular formula is C20H42BiNaO7S. The zero-order valence-electron chi connectivity index (χ0n) is 20.5. The van der Waals surface area contributed by atoms with Crippen LogP contribution in [0.1, 0.15) is 86.9 Å². The number of hydrogen-bond acceptors (Lipinski definition) is 6. The minimum atomic E-state index is -4.76. The Labute approximate surface area is 225 Å². The van der Waals surface area contributed by atoms with Gasteiger partial charge in [-0.3, -0.25) is 14.1 Å². The average molecular weight is 659 g/mol. The van der Waals surface area contributed by atoms with Gasteiger partial charge in [0.05, 0.1) is 19.6 Å². The minimum absolute atomic E-state index is 0. The predicted octanol–water partition coefficient (Wildman–Crippen LogP) is 0.0847. The van der Waals surface area contributed by atoms with Crippen molar-refractivity contribution >= 4 is 48.3 Å². The summed E-state index contributed by atoms with van der Waals surface area (Å²) in [5.74, 6) is -1.61. The summed E-state index contributed by atoms with van der Waals surface area (Å²) in [7, 11) is -4.76. The number of hydrogen-bond donors (Lipinski definition) is 1. The molecule has 7 nitrogen and oxygen atoms in total. The Hall–Kier alpha value is 0.733. The van der Waals surface area contributed by atoms with E-state index in [9.17, 15) is 22.6 Å². The molecule has 0 saturated heterocycles. The van der Waals surface area contributed by atoms with E-state index in [1.54, 1.807) is 0 Å². The van der Waals surface area contributed by atoms with Crippen LogP contribution in [0, 0.1) is 11.8 Å². The third-order valence-electron chi connectivity index (χ3n) is 5.00. The molecule has 0 bridgehead atoms. The molecule has 10 heteroatoms. The number of esters is 2. The summed E-state index contributed by atoms with van der Waals surface area (Å²) >= 11 is 0. The maximum Gasteiger partial charge on any atom is 1.00 e. The molecule has 0 aliphatic rings. The third kappa shape index (κ3) is 16.4. The van der Waals surface area contributed by atoms with E-state index in [-0.39, 0.29) is 82.2 Å². The summed E-state index contributed by atoms with van der Waals surface area (Å²) in [6.07, 6.45) is 6.74. The topological polar surface area (TPSA) is 107 Å². The maximum atomic E-state index is 12.2. The molecule has 176 valence electrons. The van der Waals surface area contributed by atoms with Crippen molar-refractivity contribution in [1.82, 2.24) is 0 Å². The van der Waals surface area contributed by atoms with Gasteiger partial charge in [-0.15, -0.1) is 0 Å². The number of ether oxygens (including phenoxy) is 2. The fraction of sp³-hybridized carbons (Fsp3) is 0.900. The van der Waals surface area contributed by atoms with Gasteiger partial charge in [-0.1, -0.05) is 66.2 Å². The van der Waals surface area contributed by atoms with Gasteiger partial charge >= 0.3 is 67.7 Å². The summed E-state index contributed by atoms with van der Waals surface area (Å²) in [6, 6.07) is 0. The summed E-state index contributed by atoms with van der Waals surface area (Å²) < 4.78 is 42.8. The molecule has 30 heavy (non-hydrogen) atoms. The number of carbonyl (C=O) groups is 2. The van der Waals surface area contributed by atoms with Gasteiger partial charge in [0, 0.05) is 0 Å². The zero-order valence-corrected chi connectivity index (χ0v) is 27.8. The first kappa shape index (κ1) is 35.3. The molecule has 3 unspecified atom stereocenters. The molecule has 0 fully saturated rings. The molecule has 0 aromatic carbocycles. The molecule has 0 amide bonds. The second-order valence-corrected chi connectivity index (χ2v) is 8.95. The normalized spacial score (nSPS) is 13.9. The van der Waals surface area contributed by atoms with E-state index in [1.807, 2.05) is 13.8 Å². The summed E-state index contributed by atoms with van der Waals surface area (Å²) in [5, 5.41) is -1.95. The monoisotopic (exact) mass is 658 g/mol. The first-order valence-corrected chi connectivity index (χ1v) is 12.0. The molecule has 0 saturated carbocycles. The van der Waals surface area contributed by atoms with Gasteiger partial charge in [0.1, 0.15) is 0 Å². The van der Waals surface area contributed by atoms with E-state index >= 15 is 0 Å². The molecular weight excluding hydrogens is 616 g/mol. The number of carbonyl (C=O) groups excluding carboxylic acids is 2. The van der Waals surface area contributed by atoms with Gasteiger partial charge in [-0.05, 0) is 24.7 Å². The third-order valence-corrected chi connectivity index (χ3v) is 6.08. The first-order valence-electron chi connectivity index (χ1n) is 10.5. The van der Waals surface area contributed by atoms with Crippen LogP contribution < -0.4 is 29.6 Å². The number of rotatable bonds is 16. The van der Waals surface area contributed by atoms with E-state index in [2.05, 4.69) is 13.8 Å². The van der Waals surface area contributed by atoms with Crippen molar-refractivity contribution in [3.63, 3.8) is 0 Å². The Bertz CT molecular complexity index is 564. The number of unbranched alkanes of at least 4 members (excludes halogenated alkanes) is 2. The van der Waals surface area contributed by atoms with Crippen LogP contribution >= 0.6 is 0 Å². The predicted molar refractivity (Wildman–Crippen MR) is 120 cm³/mol. The van der Waals surface area contributed by atoms with Crippen LogP contribution in [0.2, 0.25) is 0 Å². The van der Waals surface area contributed by atoms with E-state index in [0.29, 0.717) is 0 Å². The molecule has 0 spiro atoms. The molecule has 0 rings (SSSR count). The van der Waals surface area contributed by atoms with Gasteiger partial charge < -0.3 is 10.9 Å². The zero-order chi connectivity index (χ0) is 21.6. The Morgan fingerprint density at radius 3 is 1.70 bits per heavy atom. The van der Waals surface area contributed by atoms with E-state index in [4.69, 9.17) is 9.47 Å². The maximum absolute atomic E-state index is 12.2. The van der Waals surface area contributed by atoms with E-state index < -0.39 is 33.7 Å². The molecule has 3 atom stereocenters. The SMILES string of the molecule is CCCCC(CC)COC(=O)CC(C(=O)OCC(CC)CCCC)S(=O)(=O)O.[BiH3].[H-].[Na+]. The van der Waals surface area contributed by atoms with E-state index in [1.165, 1.54) is 0 Å². The van der Waals surface area contributed by atoms with Crippen LogP contribution in [-0.4, -0.2) is 69.6 Å². The Morgan fingerprint density at radius 2 is 1.33 bits per heavy atom.